The summed E-state index contributed by atoms with van der Waals surface area (Å²) in [4.78, 5) is 32.7. The van der Waals surface area contributed by atoms with E-state index >= 15 is 0 Å². The van der Waals surface area contributed by atoms with E-state index < -0.39 is 36.2 Å². The van der Waals surface area contributed by atoms with Crippen LogP contribution in [0.4, 0.5) is 0 Å². The first-order chi connectivity index (χ1) is 8.81. The normalized spacial score (nSPS) is 15.4. The molecule has 0 aromatic heterocycles. The van der Waals surface area contributed by atoms with E-state index in [0.29, 0.717) is 19.4 Å². The Bertz CT molecular complexity index is 334. The van der Waals surface area contributed by atoms with Gasteiger partial charge in [-0.15, -0.1) is 0 Å². The van der Waals surface area contributed by atoms with Gasteiger partial charge in [-0.25, -0.2) is 14.4 Å². The molecule has 3 atom stereocenters. The minimum absolute atomic E-state index is 0.237. The molecule has 0 saturated carbocycles. The molecular weight excluding hydrogens is 260 g/mol. The third-order valence-corrected chi connectivity index (χ3v) is 2.27. The molecule has 0 amide bonds. The van der Waals surface area contributed by atoms with Crippen molar-refractivity contribution < 1.29 is 34.4 Å². The number of hydrogen-bond donors (Lipinski definition) is 5. The predicted octanol–water partition coefficient (Wildman–Crippen LogP) is -2.68. The summed E-state index contributed by atoms with van der Waals surface area (Å²) in [5.74, 6) is -4.48. The largest absolute Gasteiger partial charge is 0.479 e. The molecule has 0 radical (unpaired) electrons. The van der Waals surface area contributed by atoms with Crippen LogP contribution in [0.25, 0.3) is 0 Å². The number of aliphatic carboxylic acids is 1. The lowest BCUT2D eigenvalue weighted by Crippen LogP contribution is -2.43. The lowest BCUT2D eigenvalue weighted by molar-refractivity contribution is -0.176. The van der Waals surface area contributed by atoms with E-state index in [1.165, 1.54) is 0 Å². The lowest BCUT2D eigenvalue weighted by atomic mass is 10.1. The van der Waals surface area contributed by atoms with Gasteiger partial charge in [-0.05, 0) is 19.4 Å². The monoisotopic (exact) mass is 278 g/mol. The van der Waals surface area contributed by atoms with Gasteiger partial charge in [-0.1, -0.05) is 6.42 Å². The van der Waals surface area contributed by atoms with Gasteiger partial charge in [0.05, 0.1) is 0 Å². The maximum absolute atomic E-state index is 11.3. The zero-order chi connectivity index (χ0) is 15.0. The van der Waals surface area contributed by atoms with Crippen LogP contribution in [0, 0.1) is 0 Å². The summed E-state index contributed by atoms with van der Waals surface area (Å²) >= 11 is 0. The molecule has 2 unspecified atom stereocenters. The number of rotatable bonds is 8. The number of carbonyl (C=O) groups is 3. The van der Waals surface area contributed by atoms with Gasteiger partial charge in [0.1, 0.15) is 6.04 Å². The summed E-state index contributed by atoms with van der Waals surface area (Å²) in [7, 11) is 0. The summed E-state index contributed by atoms with van der Waals surface area (Å²) < 4.78 is 4.17. The van der Waals surface area contributed by atoms with Gasteiger partial charge < -0.3 is 31.5 Å². The zero-order valence-electron chi connectivity index (χ0n) is 10.2. The van der Waals surface area contributed by atoms with Gasteiger partial charge in [0, 0.05) is 0 Å². The molecule has 9 nitrogen and oxygen atoms in total. The van der Waals surface area contributed by atoms with Gasteiger partial charge >= 0.3 is 17.9 Å². The topological polar surface area (TPSA) is 173 Å². The molecule has 0 aliphatic heterocycles. The van der Waals surface area contributed by atoms with Crippen LogP contribution in [-0.4, -0.2) is 58.0 Å². The van der Waals surface area contributed by atoms with Crippen molar-refractivity contribution in [3.05, 3.63) is 0 Å². The highest BCUT2D eigenvalue weighted by Crippen LogP contribution is 2.03. The van der Waals surface area contributed by atoms with Crippen LogP contribution in [0.15, 0.2) is 0 Å². The predicted molar refractivity (Wildman–Crippen MR) is 61.6 cm³/mol. The van der Waals surface area contributed by atoms with Crippen molar-refractivity contribution in [1.29, 1.82) is 0 Å². The zero-order valence-corrected chi connectivity index (χ0v) is 10.2. The number of esters is 2. The minimum atomic E-state index is -2.37. The highest BCUT2D eigenvalue weighted by molar-refractivity contribution is 5.92. The molecule has 0 fully saturated rings. The highest BCUT2D eigenvalue weighted by atomic mass is 16.6. The molecule has 0 saturated heterocycles. The van der Waals surface area contributed by atoms with Crippen LogP contribution >= 0.6 is 0 Å². The van der Waals surface area contributed by atoms with Crippen molar-refractivity contribution in [2.45, 2.75) is 37.5 Å². The fraction of sp³-hybridized carbons (Fsp3) is 0.700. The van der Waals surface area contributed by atoms with Crippen LogP contribution in [-0.2, 0) is 19.1 Å². The molecule has 0 heterocycles. The molecule has 0 spiro atoms. The summed E-state index contributed by atoms with van der Waals surface area (Å²) in [5, 5.41) is 26.3. The van der Waals surface area contributed by atoms with Crippen LogP contribution in [0.5, 0.6) is 0 Å². The molecule has 0 bridgehead atoms. The standard InChI is InChI=1S/C10H18N2O7/c11-4-2-1-3-5(12)9(17)19-10(18)7(14)6(13)8(15)16/h5-7,13-14H,1-4,11-12H2,(H,15,16)/t5-,6?,7?/m1/s1. The van der Waals surface area contributed by atoms with Crippen LogP contribution in [0.3, 0.4) is 0 Å². The second kappa shape index (κ2) is 8.53. The third kappa shape index (κ3) is 6.25. The van der Waals surface area contributed by atoms with E-state index in [4.69, 9.17) is 26.8 Å². The molecular formula is C10H18N2O7. The maximum Gasteiger partial charge on any atom is 0.346 e. The lowest BCUT2D eigenvalue weighted by Gasteiger charge is -2.14. The Balaban J connectivity index is 4.24. The minimum Gasteiger partial charge on any atom is -0.479 e. The van der Waals surface area contributed by atoms with Crippen molar-refractivity contribution in [3.63, 3.8) is 0 Å². The Morgan fingerprint density at radius 2 is 1.63 bits per heavy atom. The van der Waals surface area contributed by atoms with E-state index in [0.717, 1.165) is 0 Å². The number of aliphatic hydroxyl groups excluding tert-OH is 2. The second-order valence-electron chi connectivity index (χ2n) is 3.86. The fourth-order valence-corrected chi connectivity index (χ4v) is 1.13. The Morgan fingerprint density at radius 3 is 2.11 bits per heavy atom. The Kier molecular flexibility index (Phi) is 7.84. The van der Waals surface area contributed by atoms with Gasteiger partial charge in [0.15, 0.2) is 12.2 Å². The molecule has 0 aliphatic rings. The van der Waals surface area contributed by atoms with E-state index in [1.54, 1.807) is 0 Å². The number of unbranched alkanes of at least 4 members (excludes halogenated alkanes) is 1. The van der Waals surface area contributed by atoms with E-state index in [9.17, 15) is 14.4 Å². The van der Waals surface area contributed by atoms with E-state index in [2.05, 4.69) is 4.74 Å². The molecule has 19 heavy (non-hydrogen) atoms. The molecule has 0 rings (SSSR count). The van der Waals surface area contributed by atoms with Crippen LogP contribution < -0.4 is 11.5 Å². The van der Waals surface area contributed by atoms with Crippen molar-refractivity contribution in [3.8, 4) is 0 Å². The summed E-state index contributed by atoms with van der Waals surface area (Å²) in [6.07, 6.45) is -3.27. The number of carbonyl (C=O) groups excluding carboxylic acids is 2. The smallest absolute Gasteiger partial charge is 0.346 e. The van der Waals surface area contributed by atoms with Gasteiger partial charge in [0.25, 0.3) is 0 Å². The van der Waals surface area contributed by atoms with Crippen molar-refractivity contribution in [1.82, 2.24) is 0 Å². The number of carboxylic acids is 1. The summed E-state index contributed by atoms with van der Waals surface area (Å²) in [5.41, 5.74) is 10.7. The fourth-order valence-electron chi connectivity index (χ4n) is 1.13. The summed E-state index contributed by atoms with van der Waals surface area (Å²) in [6, 6.07) is -1.08. The number of carboxylic acid groups (broad SMARTS) is 1. The Labute approximate surface area is 109 Å². The van der Waals surface area contributed by atoms with E-state index in [-0.39, 0.29) is 6.42 Å². The highest BCUT2D eigenvalue weighted by Gasteiger charge is 2.33. The quantitative estimate of drug-likeness (QED) is 0.180. The molecule has 110 valence electrons. The Hall–Kier alpha value is -1.55. The molecule has 0 aromatic rings. The molecule has 0 aliphatic carbocycles. The van der Waals surface area contributed by atoms with Crippen molar-refractivity contribution in [2.75, 3.05) is 6.54 Å². The average molecular weight is 278 g/mol. The number of nitrogens with two attached hydrogens (primary N) is 2. The number of aliphatic hydroxyl groups is 2. The maximum atomic E-state index is 11.3. The second-order valence-corrected chi connectivity index (χ2v) is 3.86. The van der Waals surface area contributed by atoms with Gasteiger partial charge in [0.2, 0.25) is 0 Å². The Morgan fingerprint density at radius 1 is 1.05 bits per heavy atom. The first-order valence-electron chi connectivity index (χ1n) is 5.61. The molecule has 7 N–H and O–H groups in total. The van der Waals surface area contributed by atoms with Gasteiger partial charge in [-0.3, -0.25) is 0 Å². The first kappa shape index (κ1) is 17.4. The van der Waals surface area contributed by atoms with Crippen molar-refractivity contribution in [2.24, 2.45) is 11.5 Å². The van der Waals surface area contributed by atoms with Crippen molar-refractivity contribution >= 4 is 17.9 Å². The van der Waals surface area contributed by atoms with E-state index in [1.807, 2.05) is 0 Å². The first-order valence-corrected chi connectivity index (χ1v) is 5.61. The molecule has 0 aromatic carbocycles. The van der Waals surface area contributed by atoms with Crippen LogP contribution in [0.1, 0.15) is 19.3 Å². The molecule has 9 heteroatoms. The van der Waals surface area contributed by atoms with Crippen LogP contribution in [0.2, 0.25) is 0 Å². The average Bonchev–Trinajstić information content (AvgIpc) is 2.36. The third-order valence-electron chi connectivity index (χ3n) is 2.27. The number of ether oxygens (including phenoxy) is 1. The number of hydrogen-bond acceptors (Lipinski definition) is 8. The SMILES string of the molecule is NCCCC[C@@H](N)C(=O)OC(=O)C(O)C(O)C(=O)O. The van der Waals surface area contributed by atoms with Gasteiger partial charge in [-0.2, -0.15) is 0 Å². The summed E-state index contributed by atoms with van der Waals surface area (Å²) in [6.45, 7) is 0.435.